The zero-order chi connectivity index (χ0) is 15.5. The van der Waals surface area contributed by atoms with Crippen LogP contribution in [0.5, 0.6) is 0 Å². The highest BCUT2D eigenvalue weighted by Crippen LogP contribution is 2.26. The van der Waals surface area contributed by atoms with E-state index in [9.17, 15) is 14.4 Å². The molecule has 108 valence electrons. The number of carbonyl (C=O) groups excluding carboxylic acids is 2. The molecule has 0 saturated heterocycles. The van der Waals surface area contributed by atoms with Crippen molar-refractivity contribution in [3.63, 3.8) is 0 Å². The molecule has 8 heteroatoms. The number of amides is 3. The summed E-state index contributed by atoms with van der Waals surface area (Å²) in [5.41, 5.74) is 3.90. The van der Waals surface area contributed by atoms with Gasteiger partial charge in [-0.3, -0.25) is 4.79 Å². The van der Waals surface area contributed by atoms with Crippen LogP contribution in [0.4, 0.5) is 10.5 Å². The summed E-state index contributed by atoms with van der Waals surface area (Å²) in [6.45, 7) is 2.88. The second-order valence-corrected chi connectivity index (χ2v) is 5.39. The van der Waals surface area contributed by atoms with Gasteiger partial charge in [-0.1, -0.05) is 6.07 Å². The summed E-state index contributed by atoms with van der Waals surface area (Å²) in [6.07, 6.45) is 0. The average molecular weight is 344 g/mol. The molecule has 0 aromatic heterocycles. The van der Waals surface area contributed by atoms with Crippen molar-refractivity contribution < 1.29 is 19.5 Å². The number of halogens is 1. The number of rotatable bonds is 4. The Bertz CT molecular complexity index is 572. The first-order valence-corrected chi connectivity index (χ1v) is 6.35. The van der Waals surface area contributed by atoms with Gasteiger partial charge in [0.15, 0.2) is 0 Å². The molecule has 1 aromatic carbocycles. The normalized spacial score (nSPS) is 10.8. The monoisotopic (exact) mass is 343 g/mol. The molecule has 0 unspecified atom stereocenters. The van der Waals surface area contributed by atoms with Gasteiger partial charge in [0.05, 0.1) is 11.3 Å². The van der Waals surface area contributed by atoms with Gasteiger partial charge < -0.3 is 21.5 Å². The molecule has 0 bridgehead atoms. The number of carboxylic acids is 1. The summed E-state index contributed by atoms with van der Waals surface area (Å²) in [7, 11) is 0. The summed E-state index contributed by atoms with van der Waals surface area (Å²) in [4.78, 5) is 34.0. The van der Waals surface area contributed by atoms with Crippen molar-refractivity contribution in [2.75, 3.05) is 5.32 Å². The van der Waals surface area contributed by atoms with Crippen molar-refractivity contribution >= 4 is 39.5 Å². The number of aromatic carboxylic acids is 1. The molecule has 0 aliphatic heterocycles. The number of nitrogens with two attached hydrogens (primary N) is 1. The summed E-state index contributed by atoms with van der Waals surface area (Å²) < 4.78 is 0.407. The van der Waals surface area contributed by atoms with Gasteiger partial charge in [0.2, 0.25) is 5.91 Å². The highest BCUT2D eigenvalue weighted by molar-refractivity contribution is 9.10. The lowest BCUT2D eigenvalue weighted by Crippen LogP contribution is -2.54. The van der Waals surface area contributed by atoms with E-state index in [0.717, 1.165) is 0 Å². The van der Waals surface area contributed by atoms with Crippen molar-refractivity contribution in [1.29, 1.82) is 0 Å². The van der Waals surface area contributed by atoms with Crippen molar-refractivity contribution in [2.24, 2.45) is 5.73 Å². The molecule has 0 saturated carbocycles. The van der Waals surface area contributed by atoms with Crippen LogP contribution in [0.3, 0.4) is 0 Å². The molecular weight excluding hydrogens is 330 g/mol. The molecule has 0 atom stereocenters. The number of carboxylic acid groups (broad SMARTS) is 1. The van der Waals surface area contributed by atoms with E-state index in [2.05, 4.69) is 26.6 Å². The number of urea groups is 1. The van der Waals surface area contributed by atoms with Crippen LogP contribution in [-0.2, 0) is 4.79 Å². The Morgan fingerprint density at radius 1 is 1.30 bits per heavy atom. The van der Waals surface area contributed by atoms with Gasteiger partial charge in [0.1, 0.15) is 5.54 Å². The molecule has 5 N–H and O–H groups in total. The van der Waals surface area contributed by atoms with Crippen LogP contribution in [0.1, 0.15) is 24.2 Å². The van der Waals surface area contributed by atoms with E-state index in [-0.39, 0.29) is 11.3 Å². The van der Waals surface area contributed by atoms with Crippen molar-refractivity contribution in [2.45, 2.75) is 19.4 Å². The number of hydrogen-bond donors (Lipinski definition) is 4. The Kier molecular flexibility index (Phi) is 4.72. The maximum Gasteiger partial charge on any atom is 0.337 e. The molecule has 0 aliphatic carbocycles. The van der Waals surface area contributed by atoms with Gasteiger partial charge in [-0.15, -0.1) is 0 Å². The summed E-state index contributed by atoms with van der Waals surface area (Å²) >= 11 is 3.16. The topological polar surface area (TPSA) is 122 Å². The first kappa shape index (κ1) is 16.0. The SMILES string of the molecule is CC(C)(NC(=O)Nc1c(Br)cccc1C(=O)O)C(N)=O. The fourth-order valence-electron chi connectivity index (χ4n) is 1.32. The highest BCUT2D eigenvalue weighted by atomic mass is 79.9. The minimum Gasteiger partial charge on any atom is -0.478 e. The van der Waals surface area contributed by atoms with Crippen LogP contribution < -0.4 is 16.4 Å². The number of hydrogen-bond acceptors (Lipinski definition) is 3. The fourth-order valence-corrected chi connectivity index (χ4v) is 1.78. The Labute approximate surface area is 123 Å². The Morgan fingerprint density at radius 3 is 2.40 bits per heavy atom. The minimum absolute atomic E-state index is 0.0774. The maximum atomic E-state index is 11.8. The zero-order valence-corrected chi connectivity index (χ0v) is 12.4. The molecule has 0 heterocycles. The lowest BCUT2D eigenvalue weighted by molar-refractivity contribution is -0.122. The Hall–Kier alpha value is -2.09. The molecule has 0 spiro atoms. The third-order valence-corrected chi connectivity index (χ3v) is 3.19. The van der Waals surface area contributed by atoms with Crippen LogP contribution in [0.2, 0.25) is 0 Å². The number of carbonyl (C=O) groups is 3. The summed E-state index contributed by atoms with van der Waals surface area (Å²) in [5, 5.41) is 13.8. The molecule has 7 nitrogen and oxygen atoms in total. The number of para-hydroxylation sites is 1. The van der Waals surface area contributed by atoms with Crippen LogP contribution in [0, 0.1) is 0 Å². The summed E-state index contributed by atoms with van der Waals surface area (Å²) in [5.74, 6) is -1.89. The van der Waals surface area contributed by atoms with Gasteiger partial charge in [-0.25, -0.2) is 9.59 Å². The third kappa shape index (κ3) is 3.70. The van der Waals surface area contributed by atoms with Crippen LogP contribution >= 0.6 is 15.9 Å². The lowest BCUT2D eigenvalue weighted by Gasteiger charge is -2.22. The van der Waals surface area contributed by atoms with E-state index >= 15 is 0 Å². The first-order chi connectivity index (χ1) is 9.15. The molecule has 20 heavy (non-hydrogen) atoms. The van der Waals surface area contributed by atoms with Crippen molar-refractivity contribution in [1.82, 2.24) is 5.32 Å². The van der Waals surface area contributed by atoms with E-state index in [4.69, 9.17) is 10.8 Å². The smallest absolute Gasteiger partial charge is 0.337 e. The number of anilines is 1. The standard InChI is InChI=1S/C12H14BrN3O4/c1-12(2,10(14)19)16-11(20)15-8-6(9(17)18)4-3-5-7(8)13/h3-5H,1-2H3,(H2,14,19)(H,17,18)(H2,15,16,20). The van der Waals surface area contributed by atoms with E-state index in [1.165, 1.54) is 26.0 Å². The van der Waals surface area contributed by atoms with E-state index in [1.54, 1.807) is 6.07 Å². The molecule has 0 fully saturated rings. The van der Waals surface area contributed by atoms with Crippen LogP contribution in [0.15, 0.2) is 22.7 Å². The predicted molar refractivity (Wildman–Crippen MR) is 76.5 cm³/mol. The molecule has 0 aliphatic rings. The Morgan fingerprint density at radius 2 is 1.90 bits per heavy atom. The molecule has 1 rings (SSSR count). The second-order valence-electron chi connectivity index (χ2n) is 4.54. The van der Waals surface area contributed by atoms with E-state index in [1.807, 2.05) is 0 Å². The summed E-state index contributed by atoms with van der Waals surface area (Å²) in [6, 6.07) is 3.73. The highest BCUT2D eigenvalue weighted by Gasteiger charge is 2.27. The first-order valence-electron chi connectivity index (χ1n) is 5.56. The Balaban J connectivity index is 2.97. The number of primary amides is 1. The quantitative estimate of drug-likeness (QED) is 0.662. The van der Waals surface area contributed by atoms with Gasteiger partial charge >= 0.3 is 12.0 Å². The second kappa shape index (κ2) is 5.91. The van der Waals surface area contributed by atoms with Gasteiger partial charge in [-0.05, 0) is 41.9 Å². The van der Waals surface area contributed by atoms with Crippen molar-refractivity contribution in [3.05, 3.63) is 28.2 Å². The lowest BCUT2D eigenvalue weighted by atomic mass is 10.1. The molecule has 3 amide bonds. The average Bonchev–Trinajstić information content (AvgIpc) is 2.30. The van der Waals surface area contributed by atoms with Gasteiger partial charge in [0.25, 0.3) is 0 Å². The minimum atomic E-state index is -1.26. The van der Waals surface area contributed by atoms with E-state index in [0.29, 0.717) is 4.47 Å². The van der Waals surface area contributed by atoms with E-state index < -0.39 is 23.4 Å². The van der Waals surface area contributed by atoms with Crippen molar-refractivity contribution in [3.8, 4) is 0 Å². The fraction of sp³-hybridized carbons (Fsp3) is 0.250. The molecular formula is C12H14BrN3O4. The molecule has 1 aromatic rings. The maximum absolute atomic E-state index is 11.8. The molecule has 0 radical (unpaired) electrons. The number of benzene rings is 1. The third-order valence-electron chi connectivity index (χ3n) is 2.52. The number of nitrogens with one attached hydrogen (secondary N) is 2. The predicted octanol–water partition coefficient (Wildman–Crippen LogP) is 1.53. The van der Waals surface area contributed by atoms with Gasteiger partial charge in [-0.2, -0.15) is 0 Å². The van der Waals surface area contributed by atoms with Crippen LogP contribution in [-0.4, -0.2) is 28.6 Å². The zero-order valence-electron chi connectivity index (χ0n) is 10.9. The van der Waals surface area contributed by atoms with Crippen LogP contribution in [0.25, 0.3) is 0 Å². The largest absolute Gasteiger partial charge is 0.478 e. The van der Waals surface area contributed by atoms with Gasteiger partial charge in [0, 0.05) is 4.47 Å².